The molecule has 1 amide bonds. The third-order valence-electron chi connectivity index (χ3n) is 4.11. The number of hydrogen-bond acceptors (Lipinski definition) is 4. The van der Waals surface area contributed by atoms with Gasteiger partial charge in [0.1, 0.15) is 0 Å². The summed E-state index contributed by atoms with van der Waals surface area (Å²) in [6, 6.07) is 7.56. The van der Waals surface area contributed by atoms with Crippen LogP contribution in [0, 0.1) is 0 Å². The Balaban J connectivity index is 1.90. The third kappa shape index (κ3) is 6.39. The van der Waals surface area contributed by atoms with Crippen LogP contribution in [0.25, 0.3) is 6.08 Å². The summed E-state index contributed by atoms with van der Waals surface area (Å²) < 4.78 is 36.6. The minimum Gasteiger partial charge on any atom is -0.368 e. The molecular weight excluding hydrogens is 335 g/mol. The lowest BCUT2D eigenvalue weighted by Crippen LogP contribution is -2.47. The summed E-state index contributed by atoms with van der Waals surface area (Å²) >= 11 is 0. The number of alkyl halides is 3. The number of carbonyl (C=O) groups excluding carboxylic acids is 1. The fraction of sp³-hybridized carbons (Fsp3) is 0.471. The first-order valence-corrected chi connectivity index (χ1v) is 8.14. The highest BCUT2D eigenvalue weighted by Gasteiger charge is 2.27. The summed E-state index contributed by atoms with van der Waals surface area (Å²) in [6.45, 7) is 3.28. The second-order valence-electron chi connectivity index (χ2n) is 5.92. The molecule has 2 rings (SSSR count). The molecular formula is C17H22F3N3O2. The fourth-order valence-electron chi connectivity index (χ4n) is 2.83. The number of carbonyl (C=O) groups is 1. The Morgan fingerprint density at radius 3 is 2.52 bits per heavy atom. The van der Waals surface area contributed by atoms with Crippen LogP contribution in [0.2, 0.25) is 0 Å². The van der Waals surface area contributed by atoms with Crippen molar-refractivity contribution < 1.29 is 23.2 Å². The molecule has 1 fully saturated rings. The van der Waals surface area contributed by atoms with Gasteiger partial charge in [0, 0.05) is 44.4 Å². The van der Waals surface area contributed by atoms with Gasteiger partial charge in [0.15, 0.2) is 0 Å². The van der Waals surface area contributed by atoms with Crippen molar-refractivity contribution in [3.8, 4) is 0 Å². The third-order valence-corrected chi connectivity index (χ3v) is 4.11. The molecule has 0 atom stereocenters. The molecule has 1 aromatic rings. The van der Waals surface area contributed by atoms with Gasteiger partial charge in [0.2, 0.25) is 0 Å². The molecule has 0 bridgehead atoms. The lowest BCUT2D eigenvalue weighted by atomic mass is 10.1. The van der Waals surface area contributed by atoms with Crippen LogP contribution in [0.5, 0.6) is 0 Å². The fourth-order valence-corrected chi connectivity index (χ4v) is 2.83. The minimum atomic E-state index is -4.09. The average Bonchev–Trinajstić information content (AvgIpc) is 2.59. The number of nitrogens with zero attached hydrogens (tertiary/aromatic N) is 2. The summed E-state index contributed by atoms with van der Waals surface area (Å²) in [4.78, 5) is 15.3. The number of anilines is 1. The monoisotopic (exact) mass is 357 g/mol. The van der Waals surface area contributed by atoms with E-state index in [2.05, 4.69) is 4.90 Å². The quantitative estimate of drug-likeness (QED) is 0.467. The minimum absolute atomic E-state index is 0.124. The van der Waals surface area contributed by atoms with E-state index in [0.717, 1.165) is 11.3 Å². The first kappa shape index (κ1) is 19.3. The largest absolute Gasteiger partial charge is 0.389 e. The number of para-hydroxylation sites is 1. The SMILES string of the molecule is O=C(C=Cc1ccccc1N1CCN(CCCC(F)(F)F)CC1)NO. The first-order valence-electron chi connectivity index (χ1n) is 8.14. The molecule has 8 heteroatoms. The molecule has 0 radical (unpaired) electrons. The van der Waals surface area contributed by atoms with Crippen LogP contribution in [-0.4, -0.2) is 54.9 Å². The molecule has 0 saturated carbocycles. The Bertz CT molecular complexity index is 597. The first-order chi connectivity index (χ1) is 11.9. The van der Waals surface area contributed by atoms with Crippen molar-refractivity contribution in [1.82, 2.24) is 10.4 Å². The number of piperazine rings is 1. The van der Waals surface area contributed by atoms with Crippen LogP contribution in [0.1, 0.15) is 18.4 Å². The van der Waals surface area contributed by atoms with Crippen molar-refractivity contribution in [2.24, 2.45) is 0 Å². The maximum Gasteiger partial charge on any atom is 0.389 e. The second-order valence-corrected chi connectivity index (χ2v) is 5.92. The van der Waals surface area contributed by atoms with Crippen molar-refractivity contribution in [1.29, 1.82) is 0 Å². The summed E-state index contributed by atoms with van der Waals surface area (Å²) in [5, 5.41) is 8.54. The highest BCUT2D eigenvalue weighted by Crippen LogP contribution is 2.24. The second kappa shape index (κ2) is 8.87. The summed E-state index contributed by atoms with van der Waals surface area (Å²) in [5.41, 5.74) is 3.35. The molecule has 1 saturated heterocycles. The van der Waals surface area contributed by atoms with Crippen molar-refractivity contribution in [3.05, 3.63) is 35.9 Å². The van der Waals surface area contributed by atoms with Crippen molar-refractivity contribution >= 4 is 17.7 Å². The van der Waals surface area contributed by atoms with E-state index in [1.54, 1.807) is 11.6 Å². The van der Waals surface area contributed by atoms with Gasteiger partial charge in [-0.3, -0.25) is 14.9 Å². The van der Waals surface area contributed by atoms with E-state index in [9.17, 15) is 18.0 Å². The zero-order valence-corrected chi connectivity index (χ0v) is 13.8. The molecule has 1 aliphatic rings. The number of hydrogen-bond donors (Lipinski definition) is 2. The van der Waals surface area contributed by atoms with Gasteiger partial charge in [-0.25, -0.2) is 5.48 Å². The van der Waals surface area contributed by atoms with Crippen LogP contribution in [0.15, 0.2) is 30.3 Å². The smallest absolute Gasteiger partial charge is 0.368 e. The Labute approximate surface area is 144 Å². The Kier molecular flexibility index (Phi) is 6.83. The molecule has 1 heterocycles. The summed E-state index contributed by atoms with van der Waals surface area (Å²) in [6.07, 6.45) is -1.84. The van der Waals surface area contributed by atoms with E-state index in [1.165, 1.54) is 6.08 Å². The van der Waals surface area contributed by atoms with Gasteiger partial charge in [-0.1, -0.05) is 18.2 Å². The molecule has 1 aliphatic heterocycles. The summed E-state index contributed by atoms with van der Waals surface area (Å²) in [5.74, 6) is -0.607. The normalized spacial score (nSPS) is 16.4. The van der Waals surface area contributed by atoms with Crippen molar-refractivity contribution in [2.45, 2.75) is 19.0 Å². The van der Waals surface area contributed by atoms with E-state index < -0.39 is 18.5 Å². The predicted octanol–water partition coefficient (Wildman–Crippen LogP) is 2.67. The number of halogens is 3. The van der Waals surface area contributed by atoms with Crippen LogP contribution in [0.3, 0.4) is 0 Å². The highest BCUT2D eigenvalue weighted by molar-refractivity contribution is 5.91. The average molecular weight is 357 g/mol. The number of benzene rings is 1. The number of amides is 1. The molecule has 2 N–H and O–H groups in total. The number of rotatable bonds is 6. The van der Waals surface area contributed by atoms with Crippen LogP contribution in [0.4, 0.5) is 18.9 Å². The number of hydroxylamine groups is 1. The van der Waals surface area contributed by atoms with Crippen molar-refractivity contribution in [3.63, 3.8) is 0 Å². The number of nitrogens with one attached hydrogen (secondary N) is 1. The van der Waals surface area contributed by atoms with Crippen LogP contribution >= 0.6 is 0 Å². The van der Waals surface area contributed by atoms with Crippen LogP contribution < -0.4 is 10.4 Å². The molecule has 0 aliphatic carbocycles. The van der Waals surface area contributed by atoms with Gasteiger partial charge < -0.3 is 4.90 Å². The zero-order valence-electron chi connectivity index (χ0n) is 13.8. The van der Waals surface area contributed by atoms with Gasteiger partial charge in [-0.05, 0) is 30.7 Å². The Morgan fingerprint density at radius 2 is 1.88 bits per heavy atom. The van der Waals surface area contributed by atoms with E-state index >= 15 is 0 Å². The van der Waals surface area contributed by atoms with Gasteiger partial charge >= 0.3 is 6.18 Å². The molecule has 138 valence electrons. The predicted molar refractivity (Wildman–Crippen MR) is 89.3 cm³/mol. The molecule has 1 aromatic carbocycles. The highest BCUT2D eigenvalue weighted by atomic mass is 19.4. The van der Waals surface area contributed by atoms with E-state index in [1.807, 2.05) is 29.2 Å². The lowest BCUT2D eigenvalue weighted by Gasteiger charge is -2.36. The molecule has 0 spiro atoms. The maximum absolute atomic E-state index is 12.2. The van der Waals surface area contributed by atoms with Gasteiger partial charge in [-0.15, -0.1) is 0 Å². The van der Waals surface area contributed by atoms with Crippen LogP contribution in [-0.2, 0) is 4.79 Å². The topological polar surface area (TPSA) is 55.8 Å². The van der Waals surface area contributed by atoms with E-state index in [4.69, 9.17) is 5.21 Å². The van der Waals surface area contributed by atoms with Gasteiger partial charge in [0.05, 0.1) is 0 Å². The lowest BCUT2D eigenvalue weighted by molar-refractivity contribution is -0.136. The standard InChI is InChI=1S/C17H22F3N3O2/c18-17(19,20)8-3-9-22-10-12-23(13-11-22)15-5-2-1-4-14(15)6-7-16(24)21-25/h1-2,4-7,25H,3,8-13H2,(H,21,24). The van der Waals surface area contributed by atoms with Gasteiger partial charge in [0.25, 0.3) is 5.91 Å². The molecule has 0 unspecified atom stereocenters. The van der Waals surface area contributed by atoms with Gasteiger partial charge in [-0.2, -0.15) is 13.2 Å². The maximum atomic E-state index is 12.2. The molecule has 25 heavy (non-hydrogen) atoms. The zero-order chi connectivity index (χ0) is 18.3. The summed E-state index contributed by atoms with van der Waals surface area (Å²) in [7, 11) is 0. The van der Waals surface area contributed by atoms with E-state index in [0.29, 0.717) is 32.7 Å². The van der Waals surface area contributed by atoms with Crippen molar-refractivity contribution in [2.75, 3.05) is 37.6 Å². The Morgan fingerprint density at radius 1 is 1.20 bits per heavy atom. The molecule has 5 nitrogen and oxygen atoms in total. The van der Waals surface area contributed by atoms with E-state index in [-0.39, 0.29) is 6.42 Å². The Hall–Kier alpha value is -2.06. The molecule has 0 aromatic heterocycles.